The van der Waals surface area contributed by atoms with Gasteiger partial charge < -0.3 is 4.90 Å². The Morgan fingerprint density at radius 2 is 1.95 bits per heavy atom. The van der Waals surface area contributed by atoms with Gasteiger partial charge in [0.2, 0.25) is 15.8 Å². The number of nitro benzene ring substituents is 1. The van der Waals surface area contributed by atoms with E-state index in [0.29, 0.717) is 12.1 Å². The summed E-state index contributed by atoms with van der Waals surface area (Å²) in [5.74, 6) is -2.31. The van der Waals surface area contributed by atoms with Crippen LogP contribution in [0.5, 0.6) is 0 Å². The quantitative estimate of drug-likeness (QED) is 0.624. The first-order chi connectivity index (χ1) is 8.55. The lowest BCUT2D eigenvalue weighted by molar-refractivity contribution is -0.387. The minimum atomic E-state index is -4.52. The molecule has 0 radical (unpaired) electrons. The zero-order valence-corrected chi connectivity index (χ0v) is 10.8. The Morgan fingerprint density at radius 1 is 1.42 bits per heavy atom. The molecule has 8 nitrogen and oxygen atoms in total. The van der Waals surface area contributed by atoms with Crippen LogP contribution in [0.1, 0.15) is 10.4 Å². The van der Waals surface area contributed by atoms with Crippen LogP contribution in [0.2, 0.25) is 0 Å². The van der Waals surface area contributed by atoms with E-state index in [2.05, 4.69) is 0 Å². The number of sulfonamides is 1. The molecule has 10 heteroatoms. The molecule has 0 saturated carbocycles. The van der Waals surface area contributed by atoms with Gasteiger partial charge in [-0.25, -0.2) is 13.6 Å². The van der Waals surface area contributed by atoms with Crippen molar-refractivity contribution in [2.24, 2.45) is 5.14 Å². The lowest BCUT2D eigenvalue weighted by Crippen LogP contribution is -2.23. The van der Waals surface area contributed by atoms with Gasteiger partial charge in [-0.1, -0.05) is 0 Å². The largest absolute Gasteiger partial charge is 0.345 e. The van der Waals surface area contributed by atoms with Crippen LogP contribution in [-0.2, 0) is 10.0 Å². The van der Waals surface area contributed by atoms with Crippen molar-refractivity contribution in [3.63, 3.8) is 0 Å². The summed E-state index contributed by atoms with van der Waals surface area (Å²) in [4.78, 5) is 21.1. The number of nitro groups is 1. The average molecular weight is 291 g/mol. The van der Waals surface area contributed by atoms with Gasteiger partial charge in [0, 0.05) is 25.7 Å². The Balaban J connectivity index is 3.68. The molecule has 1 rings (SSSR count). The molecule has 0 aliphatic carbocycles. The predicted octanol–water partition coefficient (Wildman–Crippen LogP) is 0.0831. The van der Waals surface area contributed by atoms with Gasteiger partial charge in [0.1, 0.15) is 4.90 Å². The molecule has 0 heterocycles. The SMILES string of the molecule is CN(C)C(=O)c1cc([N+](=O)[O-])c(F)c(S(N)(=O)=O)c1. The summed E-state index contributed by atoms with van der Waals surface area (Å²) in [6, 6.07) is 1.33. The maximum Gasteiger partial charge on any atom is 0.307 e. The van der Waals surface area contributed by atoms with Crippen LogP contribution in [-0.4, -0.2) is 38.2 Å². The van der Waals surface area contributed by atoms with E-state index in [1.807, 2.05) is 0 Å². The molecule has 1 amide bonds. The average Bonchev–Trinajstić information content (AvgIpc) is 2.26. The van der Waals surface area contributed by atoms with E-state index in [0.717, 1.165) is 4.90 Å². The summed E-state index contributed by atoms with van der Waals surface area (Å²) in [5.41, 5.74) is -1.47. The van der Waals surface area contributed by atoms with E-state index in [9.17, 15) is 27.7 Å². The number of rotatable bonds is 3. The van der Waals surface area contributed by atoms with Gasteiger partial charge in [-0.15, -0.1) is 0 Å². The molecule has 0 aliphatic rings. The number of nitrogens with zero attached hydrogens (tertiary/aromatic N) is 2. The summed E-state index contributed by atoms with van der Waals surface area (Å²) in [5, 5.41) is 15.4. The molecule has 1 aromatic carbocycles. The predicted molar refractivity (Wildman–Crippen MR) is 62.4 cm³/mol. The van der Waals surface area contributed by atoms with E-state index in [1.165, 1.54) is 14.1 Å². The monoisotopic (exact) mass is 291 g/mol. The minimum absolute atomic E-state index is 0.345. The molecule has 0 bridgehead atoms. The molecule has 2 N–H and O–H groups in total. The third-order valence-corrected chi connectivity index (χ3v) is 3.09. The molecule has 0 unspecified atom stereocenters. The second kappa shape index (κ2) is 4.90. The van der Waals surface area contributed by atoms with Gasteiger partial charge in [0.05, 0.1) is 4.92 Å². The number of carbonyl (C=O) groups is 1. The zero-order valence-electron chi connectivity index (χ0n) is 9.95. The molecular weight excluding hydrogens is 281 g/mol. The van der Waals surface area contributed by atoms with Crippen molar-refractivity contribution in [1.82, 2.24) is 4.90 Å². The molecule has 0 fully saturated rings. The molecule has 0 saturated heterocycles. The topological polar surface area (TPSA) is 124 Å². The first-order valence-electron chi connectivity index (χ1n) is 4.78. The fourth-order valence-electron chi connectivity index (χ4n) is 1.30. The highest BCUT2D eigenvalue weighted by Gasteiger charge is 2.27. The number of benzene rings is 1. The molecular formula is C9H10FN3O5S. The highest BCUT2D eigenvalue weighted by atomic mass is 32.2. The van der Waals surface area contributed by atoms with Crippen molar-refractivity contribution < 1.29 is 22.5 Å². The number of carbonyl (C=O) groups excluding carboxylic acids is 1. The van der Waals surface area contributed by atoms with Crippen LogP contribution < -0.4 is 5.14 Å². The normalized spacial score (nSPS) is 11.2. The Kier molecular flexibility index (Phi) is 3.86. The highest BCUT2D eigenvalue weighted by molar-refractivity contribution is 7.89. The Morgan fingerprint density at radius 3 is 2.32 bits per heavy atom. The van der Waals surface area contributed by atoms with Crippen molar-refractivity contribution in [3.8, 4) is 0 Å². The van der Waals surface area contributed by atoms with E-state index in [4.69, 9.17) is 5.14 Å². The molecule has 0 aliphatic heterocycles. The van der Waals surface area contributed by atoms with E-state index < -0.39 is 37.3 Å². The number of primary sulfonamides is 1. The first kappa shape index (κ1) is 15.0. The number of hydrogen-bond acceptors (Lipinski definition) is 5. The second-order valence-corrected chi connectivity index (χ2v) is 5.34. The van der Waals surface area contributed by atoms with E-state index in [1.54, 1.807) is 0 Å². The lowest BCUT2D eigenvalue weighted by Gasteiger charge is -2.11. The minimum Gasteiger partial charge on any atom is -0.345 e. The van der Waals surface area contributed by atoms with Crippen LogP contribution >= 0.6 is 0 Å². The summed E-state index contributed by atoms with van der Waals surface area (Å²) < 4.78 is 36.0. The van der Waals surface area contributed by atoms with Crippen LogP contribution in [0.3, 0.4) is 0 Å². The zero-order chi connectivity index (χ0) is 15.0. The van der Waals surface area contributed by atoms with Crippen LogP contribution in [0.4, 0.5) is 10.1 Å². The van der Waals surface area contributed by atoms with E-state index >= 15 is 0 Å². The number of nitrogens with two attached hydrogens (primary N) is 1. The van der Waals surface area contributed by atoms with Crippen molar-refractivity contribution in [3.05, 3.63) is 33.6 Å². The number of halogens is 1. The Labute approximate surface area is 107 Å². The van der Waals surface area contributed by atoms with Crippen molar-refractivity contribution >= 4 is 21.6 Å². The number of amides is 1. The highest BCUT2D eigenvalue weighted by Crippen LogP contribution is 2.26. The van der Waals surface area contributed by atoms with Gasteiger partial charge in [0.15, 0.2) is 0 Å². The molecule has 0 spiro atoms. The van der Waals surface area contributed by atoms with Crippen molar-refractivity contribution in [2.75, 3.05) is 14.1 Å². The smallest absolute Gasteiger partial charge is 0.307 e. The van der Waals surface area contributed by atoms with Crippen molar-refractivity contribution in [1.29, 1.82) is 0 Å². The van der Waals surface area contributed by atoms with Gasteiger partial charge in [-0.2, -0.15) is 4.39 Å². The Bertz CT molecular complexity index is 656. The molecule has 0 atom stereocenters. The third-order valence-electron chi connectivity index (χ3n) is 2.18. The maximum atomic E-state index is 13.6. The fraction of sp³-hybridized carbons (Fsp3) is 0.222. The molecule has 19 heavy (non-hydrogen) atoms. The standard InChI is InChI=1S/C9H10FN3O5S/c1-12(2)9(14)5-3-6(13(15)16)8(10)7(4-5)19(11,17)18/h3-4H,1-2H3,(H2,11,17,18). The summed E-state index contributed by atoms with van der Waals surface area (Å²) >= 11 is 0. The molecule has 104 valence electrons. The summed E-state index contributed by atoms with van der Waals surface area (Å²) in [7, 11) is -1.81. The van der Waals surface area contributed by atoms with Gasteiger partial charge in [-0.05, 0) is 6.07 Å². The summed E-state index contributed by atoms with van der Waals surface area (Å²) in [6.45, 7) is 0. The third kappa shape index (κ3) is 3.03. The molecule has 0 aromatic heterocycles. The van der Waals surface area contributed by atoms with Gasteiger partial charge in [-0.3, -0.25) is 14.9 Å². The number of hydrogen-bond donors (Lipinski definition) is 1. The fourth-order valence-corrected chi connectivity index (χ4v) is 1.95. The summed E-state index contributed by atoms with van der Waals surface area (Å²) in [6.07, 6.45) is 0. The van der Waals surface area contributed by atoms with Crippen molar-refractivity contribution in [2.45, 2.75) is 4.90 Å². The van der Waals surface area contributed by atoms with E-state index in [-0.39, 0.29) is 5.56 Å². The van der Waals surface area contributed by atoms with Gasteiger partial charge in [0.25, 0.3) is 5.91 Å². The van der Waals surface area contributed by atoms with Crippen LogP contribution in [0, 0.1) is 15.9 Å². The Hall–Kier alpha value is -2.07. The van der Waals surface area contributed by atoms with Gasteiger partial charge >= 0.3 is 5.69 Å². The lowest BCUT2D eigenvalue weighted by atomic mass is 10.1. The second-order valence-electron chi connectivity index (χ2n) is 3.81. The van der Waals surface area contributed by atoms with Crippen LogP contribution in [0.15, 0.2) is 17.0 Å². The first-order valence-corrected chi connectivity index (χ1v) is 6.32. The van der Waals surface area contributed by atoms with Crippen LogP contribution in [0.25, 0.3) is 0 Å². The molecule has 1 aromatic rings. The maximum absolute atomic E-state index is 13.6.